The molecule has 0 aliphatic heterocycles. The van der Waals surface area contributed by atoms with Crippen molar-refractivity contribution in [3.05, 3.63) is 24.0 Å². The SMILES string of the molecule is CCCOCCn1cccc1CNC(C)C. The first-order valence-corrected chi connectivity index (χ1v) is 6.19. The molecule has 0 aromatic carbocycles. The van der Waals surface area contributed by atoms with E-state index in [2.05, 4.69) is 49.0 Å². The number of aromatic nitrogens is 1. The van der Waals surface area contributed by atoms with E-state index in [1.165, 1.54) is 5.69 Å². The maximum Gasteiger partial charge on any atom is 0.0645 e. The second-order valence-corrected chi connectivity index (χ2v) is 4.34. The van der Waals surface area contributed by atoms with Gasteiger partial charge in [0.25, 0.3) is 0 Å². The number of ether oxygens (including phenoxy) is 1. The summed E-state index contributed by atoms with van der Waals surface area (Å²) in [5.41, 5.74) is 1.33. The minimum Gasteiger partial charge on any atom is -0.380 e. The van der Waals surface area contributed by atoms with Gasteiger partial charge in [0.05, 0.1) is 6.61 Å². The van der Waals surface area contributed by atoms with Crippen LogP contribution >= 0.6 is 0 Å². The third-order valence-corrected chi connectivity index (χ3v) is 2.44. The Morgan fingerprint density at radius 3 is 2.88 bits per heavy atom. The van der Waals surface area contributed by atoms with E-state index in [1.807, 2.05) is 0 Å². The fraction of sp³-hybridized carbons (Fsp3) is 0.692. The number of hydrogen-bond acceptors (Lipinski definition) is 2. The number of rotatable bonds is 8. The molecule has 0 amide bonds. The van der Waals surface area contributed by atoms with Crippen molar-refractivity contribution in [3.8, 4) is 0 Å². The Morgan fingerprint density at radius 2 is 2.19 bits per heavy atom. The molecule has 0 aliphatic rings. The summed E-state index contributed by atoms with van der Waals surface area (Å²) in [6.07, 6.45) is 3.21. The van der Waals surface area contributed by atoms with Gasteiger partial charge >= 0.3 is 0 Å². The fourth-order valence-corrected chi connectivity index (χ4v) is 1.55. The quantitative estimate of drug-likeness (QED) is 0.686. The van der Waals surface area contributed by atoms with Crippen LogP contribution < -0.4 is 5.32 Å². The van der Waals surface area contributed by atoms with E-state index in [4.69, 9.17) is 4.74 Å². The molecule has 16 heavy (non-hydrogen) atoms. The highest BCUT2D eigenvalue weighted by Crippen LogP contribution is 2.02. The second kappa shape index (κ2) is 7.47. The molecule has 1 aromatic heterocycles. The van der Waals surface area contributed by atoms with Crippen LogP contribution in [-0.4, -0.2) is 23.8 Å². The molecular weight excluding hydrogens is 200 g/mol. The van der Waals surface area contributed by atoms with E-state index in [1.54, 1.807) is 0 Å². The van der Waals surface area contributed by atoms with Crippen LogP contribution in [0.15, 0.2) is 18.3 Å². The molecule has 0 saturated carbocycles. The molecule has 3 heteroatoms. The van der Waals surface area contributed by atoms with Crippen molar-refractivity contribution in [2.75, 3.05) is 13.2 Å². The van der Waals surface area contributed by atoms with E-state index < -0.39 is 0 Å². The van der Waals surface area contributed by atoms with Gasteiger partial charge in [-0.15, -0.1) is 0 Å². The van der Waals surface area contributed by atoms with E-state index in [-0.39, 0.29) is 0 Å². The third-order valence-electron chi connectivity index (χ3n) is 2.44. The Morgan fingerprint density at radius 1 is 1.38 bits per heavy atom. The molecule has 0 atom stereocenters. The van der Waals surface area contributed by atoms with Crippen molar-refractivity contribution < 1.29 is 4.74 Å². The van der Waals surface area contributed by atoms with E-state index in [0.717, 1.165) is 32.7 Å². The van der Waals surface area contributed by atoms with Crippen molar-refractivity contribution in [2.24, 2.45) is 0 Å². The average Bonchev–Trinajstić information content (AvgIpc) is 2.69. The van der Waals surface area contributed by atoms with Gasteiger partial charge in [-0.25, -0.2) is 0 Å². The second-order valence-electron chi connectivity index (χ2n) is 4.34. The van der Waals surface area contributed by atoms with Crippen molar-refractivity contribution in [1.29, 1.82) is 0 Å². The molecule has 1 N–H and O–H groups in total. The van der Waals surface area contributed by atoms with Crippen molar-refractivity contribution in [1.82, 2.24) is 9.88 Å². The lowest BCUT2D eigenvalue weighted by molar-refractivity contribution is 0.126. The molecule has 0 radical (unpaired) electrons. The van der Waals surface area contributed by atoms with Gasteiger partial charge in [0.1, 0.15) is 0 Å². The minimum absolute atomic E-state index is 0.527. The van der Waals surface area contributed by atoms with Crippen LogP contribution in [0.5, 0.6) is 0 Å². The van der Waals surface area contributed by atoms with Gasteiger partial charge < -0.3 is 14.6 Å². The van der Waals surface area contributed by atoms with Crippen molar-refractivity contribution in [2.45, 2.75) is 46.3 Å². The molecule has 1 heterocycles. The average molecular weight is 224 g/mol. The van der Waals surface area contributed by atoms with Gasteiger partial charge in [0.15, 0.2) is 0 Å². The summed E-state index contributed by atoms with van der Waals surface area (Å²) in [5, 5.41) is 3.43. The Bertz CT molecular complexity index is 281. The smallest absolute Gasteiger partial charge is 0.0645 e. The predicted octanol–water partition coefficient (Wildman–Crippen LogP) is 2.41. The summed E-state index contributed by atoms with van der Waals surface area (Å²) in [6, 6.07) is 4.78. The van der Waals surface area contributed by atoms with Crippen LogP contribution in [0, 0.1) is 0 Å². The van der Waals surface area contributed by atoms with Gasteiger partial charge in [-0.1, -0.05) is 20.8 Å². The van der Waals surface area contributed by atoms with E-state index >= 15 is 0 Å². The summed E-state index contributed by atoms with van der Waals surface area (Å²) < 4.78 is 7.75. The number of nitrogens with one attached hydrogen (secondary N) is 1. The molecule has 1 aromatic rings. The predicted molar refractivity (Wildman–Crippen MR) is 67.5 cm³/mol. The van der Waals surface area contributed by atoms with Crippen molar-refractivity contribution >= 4 is 0 Å². The molecule has 0 bridgehead atoms. The highest BCUT2D eigenvalue weighted by molar-refractivity contribution is 5.06. The monoisotopic (exact) mass is 224 g/mol. The maximum atomic E-state index is 5.50. The van der Waals surface area contributed by atoms with Crippen LogP contribution in [0.2, 0.25) is 0 Å². The maximum absolute atomic E-state index is 5.50. The zero-order valence-electron chi connectivity index (χ0n) is 10.7. The Labute approximate surface area is 98.8 Å². The van der Waals surface area contributed by atoms with Crippen LogP contribution in [0.3, 0.4) is 0 Å². The number of hydrogen-bond donors (Lipinski definition) is 1. The summed E-state index contributed by atoms with van der Waals surface area (Å²) in [7, 11) is 0. The zero-order chi connectivity index (χ0) is 11.8. The van der Waals surface area contributed by atoms with Crippen LogP contribution in [-0.2, 0) is 17.8 Å². The van der Waals surface area contributed by atoms with Gasteiger partial charge in [0.2, 0.25) is 0 Å². The van der Waals surface area contributed by atoms with Crippen LogP contribution in [0.25, 0.3) is 0 Å². The first-order chi connectivity index (χ1) is 7.74. The summed E-state index contributed by atoms with van der Waals surface area (Å²) >= 11 is 0. The highest BCUT2D eigenvalue weighted by Gasteiger charge is 2.01. The topological polar surface area (TPSA) is 26.2 Å². The summed E-state index contributed by atoms with van der Waals surface area (Å²) in [5.74, 6) is 0. The normalized spacial score (nSPS) is 11.2. The Balaban J connectivity index is 2.32. The highest BCUT2D eigenvalue weighted by atomic mass is 16.5. The molecule has 0 aliphatic carbocycles. The fourth-order valence-electron chi connectivity index (χ4n) is 1.55. The first kappa shape index (κ1) is 13.3. The first-order valence-electron chi connectivity index (χ1n) is 6.19. The molecular formula is C13H24N2O. The van der Waals surface area contributed by atoms with E-state index in [9.17, 15) is 0 Å². The molecule has 0 spiro atoms. The Kier molecular flexibility index (Phi) is 6.19. The number of nitrogens with zero attached hydrogens (tertiary/aromatic N) is 1. The van der Waals surface area contributed by atoms with Gasteiger partial charge in [-0.3, -0.25) is 0 Å². The zero-order valence-corrected chi connectivity index (χ0v) is 10.7. The molecule has 1 rings (SSSR count). The molecule has 0 fully saturated rings. The van der Waals surface area contributed by atoms with Gasteiger partial charge in [-0.2, -0.15) is 0 Å². The van der Waals surface area contributed by atoms with Crippen LogP contribution in [0.4, 0.5) is 0 Å². The third kappa shape index (κ3) is 4.81. The Hall–Kier alpha value is -0.800. The van der Waals surface area contributed by atoms with Gasteiger partial charge in [0, 0.05) is 37.6 Å². The summed E-state index contributed by atoms with van der Waals surface area (Å²) in [4.78, 5) is 0. The van der Waals surface area contributed by atoms with Crippen LogP contribution in [0.1, 0.15) is 32.9 Å². The molecule has 3 nitrogen and oxygen atoms in total. The minimum atomic E-state index is 0.527. The largest absolute Gasteiger partial charge is 0.380 e. The molecule has 0 saturated heterocycles. The summed E-state index contributed by atoms with van der Waals surface area (Å²) in [6.45, 7) is 10.0. The standard InChI is InChI=1S/C13H24N2O/c1-4-9-16-10-8-15-7-5-6-13(15)11-14-12(2)3/h5-7,12,14H,4,8-11H2,1-3H3. The molecule has 0 unspecified atom stereocenters. The van der Waals surface area contributed by atoms with E-state index in [0.29, 0.717) is 6.04 Å². The lowest BCUT2D eigenvalue weighted by atomic mass is 10.3. The lowest BCUT2D eigenvalue weighted by Gasteiger charge is -2.12. The lowest BCUT2D eigenvalue weighted by Crippen LogP contribution is -2.23. The van der Waals surface area contributed by atoms with Crippen molar-refractivity contribution in [3.63, 3.8) is 0 Å². The van der Waals surface area contributed by atoms with Gasteiger partial charge in [-0.05, 0) is 18.6 Å². The molecule has 92 valence electrons.